The predicted octanol–water partition coefficient (Wildman–Crippen LogP) is 1.95. The van der Waals surface area contributed by atoms with E-state index >= 15 is 0 Å². The Bertz CT molecular complexity index is 570. The van der Waals surface area contributed by atoms with Gasteiger partial charge in [-0.25, -0.2) is 17.5 Å². The molecule has 9 heteroatoms. The fourth-order valence-electron chi connectivity index (χ4n) is 1.36. The molecule has 0 atom stereocenters. The van der Waals surface area contributed by atoms with E-state index in [-0.39, 0.29) is 11.3 Å². The maximum absolute atomic E-state index is 13.3. The van der Waals surface area contributed by atoms with Crippen molar-refractivity contribution in [3.05, 3.63) is 23.5 Å². The number of hydrogen-bond acceptors (Lipinski definition) is 3. The summed E-state index contributed by atoms with van der Waals surface area (Å²) in [6, 6.07) is 1.93. The largest absolute Gasteiger partial charge is 0.399 e. The van der Waals surface area contributed by atoms with Gasteiger partial charge in [-0.1, -0.05) is 0 Å². The lowest BCUT2D eigenvalue weighted by Crippen LogP contribution is -2.28. The summed E-state index contributed by atoms with van der Waals surface area (Å²) in [6.07, 6.45) is -5.78. The number of benzene rings is 1. The standard InChI is InChI=1S/C10H12F4N2O2S/c1-6-8(11)4-7(15)5-9(6)19(17,18)16-3-2-10(12,13)14/h4-5,16H,2-3,15H2,1H3. The van der Waals surface area contributed by atoms with Crippen LogP contribution in [0.1, 0.15) is 12.0 Å². The molecule has 0 heterocycles. The third-order valence-electron chi connectivity index (χ3n) is 2.31. The first-order valence-corrected chi connectivity index (χ1v) is 6.63. The van der Waals surface area contributed by atoms with Crippen LogP contribution >= 0.6 is 0 Å². The smallest absolute Gasteiger partial charge is 0.390 e. The second kappa shape index (κ2) is 5.33. The Kier molecular flexibility index (Phi) is 4.41. The average molecular weight is 300 g/mol. The second-order valence-corrected chi connectivity index (χ2v) is 5.62. The van der Waals surface area contributed by atoms with Gasteiger partial charge in [0.15, 0.2) is 0 Å². The molecular weight excluding hydrogens is 288 g/mol. The maximum atomic E-state index is 13.3. The van der Waals surface area contributed by atoms with Crippen LogP contribution in [0.2, 0.25) is 0 Å². The van der Waals surface area contributed by atoms with Crippen LogP contribution in [0.15, 0.2) is 17.0 Å². The quantitative estimate of drug-likeness (QED) is 0.659. The highest BCUT2D eigenvalue weighted by molar-refractivity contribution is 7.89. The minimum absolute atomic E-state index is 0.126. The zero-order valence-corrected chi connectivity index (χ0v) is 10.7. The summed E-state index contributed by atoms with van der Waals surface area (Å²) in [4.78, 5) is -0.466. The molecular formula is C10H12F4N2O2S. The number of alkyl halides is 3. The van der Waals surface area contributed by atoms with Crippen LogP contribution in [0, 0.1) is 12.7 Å². The normalized spacial score (nSPS) is 12.7. The van der Waals surface area contributed by atoms with Gasteiger partial charge >= 0.3 is 6.18 Å². The van der Waals surface area contributed by atoms with Crippen molar-refractivity contribution in [2.75, 3.05) is 12.3 Å². The van der Waals surface area contributed by atoms with Gasteiger partial charge in [0.2, 0.25) is 10.0 Å². The van der Waals surface area contributed by atoms with Crippen molar-refractivity contribution in [1.29, 1.82) is 0 Å². The minimum Gasteiger partial charge on any atom is -0.399 e. The number of rotatable bonds is 4. The molecule has 0 aliphatic heterocycles. The Morgan fingerprint density at radius 2 is 1.89 bits per heavy atom. The molecule has 0 spiro atoms. The van der Waals surface area contributed by atoms with Gasteiger partial charge in [-0.15, -0.1) is 0 Å². The molecule has 0 bridgehead atoms. The van der Waals surface area contributed by atoms with Crippen molar-refractivity contribution in [2.24, 2.45) is 0 Å². The molecule has 0 radical (unpaired) electrons. The molecule has 3 N–H and O–H groups in total. The predicted molar refractivity (Wildman–Crippen MR) is 61.4 cm³/mol. The van der Waals surface area contributed by atoms with Gasteiger partial charge in [0, 0.05) is 17.8 Å². The molecule has 1 aromatic carbocycles. The van der Waals surface area contributed by atoms with Crippen LogP contribution in [0.5, 0.6) is 0 Å². The van der Waals surface area contributed by atoms with E-state index in [0.717, 1.165) is 12.1 Å². The van der Waals surface area contributed by atoms with E-state index in [9.17, 15) is 26.0 Å². The van der Waals surface area contributed by atoms with Crippen molar-refractivity contribution in [3.8, 4) is 0 Å². The van der Waals surface area contributed by atoms with E-state index in [1.807, 2.05) is 0 Å². The van der Waals surface area contributed by atoms with E-state index in [1.165, 1.54) is 6.92 Å². The zero-order chi connectivity index (χ0) is 14.8. The minimum atomic E-state index is -4.47. The van der Waals surface area contributed by atoms with E-state index in [2.05, 4.69) is 0 Å². The summed E-state index contributed by atoms with van der Waals surface area (Å²) in [5.74, 6) is -0.837. The summed E-state index contributed by atoms with van der Waals surface area (Å²) in [7, 11) is -4.23. The molecule has 0 amide bonds. The average Bonchev–Trinajstić information content (AvgIpc) is 2.20. The van der Waals surface area contributed by atoms with Gasteiger partial charge in [-0.2, -0.15) is 13.2 Å². The fourth-order valence-corrected chi connectivity index (χ4v) is 2.68. The van der Waals surface area contributed by atoms with E-state index in [0.29, 0.717) is 0 Å². The third kappa shape index (κ3) is 4.35. The number of halogens is 4. The Hall–Kier alpha value is -1.35. The fraction of sp³-hybridized carbons (Fsp3) is 0.400. The number of nitrogens with two attached hydrogens (primary N) is 1. The number of nitrogens with one attached hydrogen (secondary N) is 1. The van der Waals surface area contributed by atoms with Crippen molar-refractivity contribution in [1.82, 2.24) is 4.72 Å². The van der Waals surface area contributed by atoms with Crippen LogP contribution in [-0.2, 0) is 10.0 Å². The molecule has 19 heavy (non-hydrogen) atoms. The first-order valence-electron chi connectivity index (χ1n) is 5.15. The maximum Gasteiger partial charge on any atom is 0.390 e. The Morgan fingerprint density at radius 1 is 1.32 bits per heavy atom. The lowest BCUT2D eigenvalue weighted by atomic mass is 10.2. The van der Waals surface area contributed by atoms with Crippen LogP contribution in [0.4, 0.5) is 23.2 Å². The lowest BCUT2D eigenvalue weighted by molar-refractivity contribution is -0.132. The molecule has 4 nitrogen and oxygen atoms in total. The van der Waals surface area contributed by atoms with Crippen LogP contribution in [0.3, 0.4) is 0 Å². The number of sulfonamides is 1. The van der Waals surface area contributed by atoms with E-state index in [1.54, 1.807) is 4.72 Å². The molecule has 0 aromatic heterocycles. The second-order valence-electron chi connectivity index (χ2n) is 3.89. The molecule has 1 aromatic rings. The van der Waals surface area contributed by atoms with Gasteiger partial charge < -0.3 is 5.73 Å². The van der Waals surface area contributed by atoms with E-state index in [4.69, 9.17) is 5.73 Å². The lowest BCUT2D eigenvalue weighted by Gasteiger charge is -2.11. The molecule has 0 unspecified atom stereocenters. The Morgan fingerprint density at radius 3 is 2.42 bits per heavy atom. The summed E-state index contributed by atoms with van der Waals surface area (Å²) in [6.45, 7) is 0.384. The van der Waals surface area contributed by atoms with Gasteiger partial charge in [-0.05, 0) is 19.1 Å². The Labute approximate surface area is 107 Å². The monoisotopic (exact) mass is 300 g/mol. The van der Waals surface area contributed by atoms with Gasteiger partial charge in [0.05, 0.1) is 11.3 Å². The molecule has 0 aliphatic rings. The molecule has 108 valence electrons. The number of nitrogen functional groups attached to an aromatic ring is 1. The molecule has 0 saturated carbocycles. The topological polar surface area (TPSA) is 72.2 Å². The van der Waals surface area contributed by atoms with Gasteiger partial charge in [0.1, 0.15) is 5.82 Å². The molecule has 0 saturated heterocycles. The highest BCUT2D eigenvalue weighted by atomic mass is 32.2. The van der Waals surface area contributed by atoms with Crippen LogP contribution < -0.4 is 10.5 Å². The highest BCUT2D eigenvalue weighted by Crippen LogP contribution is 2.22. The van der Waals surface area contributed by atoms with Crippen LogP contribution in [0.25, 0.3) is 0 Å². The van der Waals surface area contributed by atoms with Crippen molar-refractivity contribution >= 4 is 15.7 Å². The zero-order valence-electron chi connectivity index (χ0n) is 9.88. The molecule has 1 rings (SSSR count). The summed E-state index contributed by atoms with van der Waals surface area (Å²) in [5.41, 5.74) is 4.98. The summed E-state index contributed by atoms with van der Waals surface area (Å²) >= 11 is 0. The summed E-state index contributed by atoms with van der Waals surface area (Å²) in [5, 5.41) is 0. The van der Waals surface area contributed by atoms with Crippen molar-refractivity contribution in [3.63, 3.8) is 0 Å². The highest BCUT2D eigenvalue weighted by Gasteiger charge is 2.28. The van der Waals surface area contributed by atoms with Crippen molar-refractivity contribution in [2.45, 2.75) is 24.4 Å². The third-order valence-corrected chi connectivity index (χ3v) is 3.90. The van der Waals surface area contributed by atoms with Gasteiger partial charge in [0.25, 0.3) is 0 Å². The number of anilines is 1. The van der Waals surface area contributed by atoms with Gasteiger partial charge in [-0.3, -0.25) is 0 Å². The first-order chi connectivity index (χ1) is 8.53. The Balaban J connectivity index is 2.95. The van der Waals surface area contributed by atoms with E-state index < -0.39 is 39.9 Å². The SMILES string of the molecule is Cc1c(F)cc(N)cc1S(=O)(=O)NCCC(F)(F)F. The first kappa shape index (κ1) is 15.7. The summed E-state index contributed by atoms with van der Waals surface area (Å²) < 4.78 is 74.3. The van der Waals surface area contributed by atoms with Crippen LogP contribution in [-0.4, -0.2) is 21.1 Å². The molecule has 0 aliphatic carbocycles. The molecule has 0 fully saturated rings. The number of hydrogen-bond donors (Lipinski definition) is 2. The van der Waals surface area contributed by atoms with Crippen molar-refractivity contribution < 1.29 is 26.0 Å².